The fraction of sp³-hybridized carbons (Fsp3) is 0.238. The molecule has 0 spiro atoms. The van der Waals surface area contributed by atoms with E-state index in [1.807, 2.05) is 54.7 Å². The van der Waals surface area contributed by atoms with Crippen LogP contribution in [0.5, 0.6) is 0 Å². The van der Waals surface area contributed by atoms with Crippen LogP contribution in [-0.4, -0.2) is 28.1 Å². The summed E-state index contributed by atoms with van der Waals surface area (Å²) in [5, 5.41) is 1.18. The van der Waals surface area contributed by atoms with Gasteiger partial charge in [0.1, 0.15) is 5.78 Å². The third kappa shape index (κ3) is 4.35. The molecule has 0 fully saturated rings. The van der Waals surface area contributed by atoms with E-state index in [9.17, 15) is 9.59 Å². The van der Waals surface area contributed by atoms with Crippen molar-refractivity contribution in [2.75, 3.05) is 6.54 Å². The van der Waals surface area contributed by atoms with Crippen molar-refractivity contribution in [2.45, 2.75) is 26.3 Å². The first kappa shape index (κ1) is 17.0. The molecular formula is C21H22N2O2. The number of aromatic amines is 1. The largest absolute Gasteiger partial charge is 0.361 e. The molecule has 3 aromatic rings. The van der Waals surface area contributed by atoms with Crippen molar-refractivity contribution >= 4 is 22.6 Å². The first-order chi connectivity index (χ1) is 12.1. The van der Waals surface area contributed by atoms with Gasteiger partial charge in [-0.05, 0) is 30.5 Å². The Bertz CT molecular complexity index is 868. The third-order valence-electron chi connectivity index (χ3n) is 4.30. The molecule has 1 N–H and O–H groups in total. The molecule has 1 amide bonds. The minimum atomic E-state index is -0.115. The fourth-order valence-corrected chi connectivity index (χ4v) is 3.01. The van der Waals surface area contributed by atoms with Crippen molar-refractivity contribution in [3.63, 3.8) is 0 Å². The SMILES string of the molecule is CC(=O)CC(=O)N(CCc1c[nH]c2ccccc12)Cc1ccccc1. The molecule has 1 aromatic heterocycles. The number of para-hydroxylation sites is 1. The Morgan fingerprint density at radius 1 is 1.00 bits per heavy atom. The topological polar surface area (TPSA) is 53.2 Å². The Balaban J connectivity index is 1.74. The first-order valence-electron chi connectivity index (χ1n) is 8.49. The molecule has 0 bridgehead atoms. The van der Waals surface area contributed by atoms with E-state index in [2.05, 4.69) is 11.1 Å². The predicted molar refractivity (Wildman–Crippen MR) is 99.2 cm³/mol. The van der Waals surface area contributed by atoms with E-state index in [4.69, 9.17) is 0 Å². The number of H-pyrrole nitrogens is 1. The predicted octanol–water partition coefficient (Wildman–Crippen LogP) is 3.72. The number of fused-ring (bicyclic) bond motifs is 1. The summed E-state index contributed by atoms with van der Waals surface area (Å²) >= 11 is 0. The van der Waals surface area contributed by atoms with E-state index in [1.165, 1.54) is 17.9 Å². The second kappa shape index (κ2) is 7.79. The maximum absolute atomic E-state index is 12.5. The molecule has 1 heterocycles. The quantitative estimate of drug-likeness (QED) is 0.670. The van der Waals surface area contributed by atoms with Gasteiger partial charge in [0.25, 0.3) is 0 Å². The number of benzene rings is 2. The van der Waals surface area contributed by atoms with Crippen LogP contribution >= 0.6 is 0 Å². The minimum Gasteiger partial charge on any atom is -0.361 e. The number of carbonyl (C=O) groups excluding carboxylic acids is 2. The van der Waals surface area contributed by atoms with Gasteiger partial charge in [-0.3, -0.25) is 9.59 Å². The molecule has 25 heavy (non-hydrogen) atoms. The molecule has 0 aliphatic carbocycles. The Labute approximate surface area is 147 Å². The number of rotatable bonds is 7. The number of hydrogen-bond donors (Lipinski definition) is 1. The van der Waals surface area contributed by atoms with Gasteiger partial charge in [0.2, 0.25) is 5.91 Å². The number of ketones is 1. The highest BCUT2D eigenvalue weighted by atomic mass is 16.2. The van der Waals surface area contributed by atoms with Gasteiger partial charge >= 0.3 is 0 Å². The van der Waals surface area contributed by atoms with Gasteiger partial charge in [-0.1, -0.05) is 48.5 Å². The Morgan fingerprint density at radius 2 is 1.72 bits per heavy atom. The third-order valence-corrected chi connectivity index (χ3v) is 4.30. The number of aromatic nitrogens is 1. The van der Waals surface area contributed by atoms with Gasteiger partial charge < -0.3 is 9.88 Å². The van der Waals surface area contributed by atoms with Crippen molar-refractivity contribution < 1.29 is 9.59 Å². The van der Waals surface area contributed by atoms with Crippen LogP contribution in [0, 0.1) is 0 Å². The summed E-state index contributed by atoms with van der Waals surface area (Å²) in [6.45, 7) is 2.57. The lowest BCUT2D eigenvalue weighted by Gasteiger charge is -2.22. The van der Waals surface area contributed by atoms with E-state index in [0.29, 0.717) is 13.1 Å². The minimum absolute atomic E-state index is 0.0410. The van der Waals surface area contributed by atoms with Crippen LogP contribution in [-0.2, 0) is 22.6 Å². The first-order valence-corrected chi connectivity index (χ1v) is 8.49. The normalized spacial score (nSPS) is 10.8. The highest BCUT2D eigenvalue weighted by Crippen LogP contribution is 2.19. The van der Waals surface area contributed by atoms with Gasteiger partial charge in [-0.25, -0.2) is 0 Å². The average Bonchev–Trinajstić information content (AvgIpc) is 3.02. The number of nitrogens with zero attached hydrogens (tertiary/aromatic N) is 1. The zero-order valence-electron chi connectivity index (χ0n) is 14.4. The molecule has 2 aromatic carbocycles. The fourth-order valence-electron chi connectivity index (χ4n) is 3.01. The molecule has 0 saturated carbocycles. The number of hydrogen-bond acceptors (Lipinski definition) is 2. The Kier molecular flexibility index (Phi) is 5.29. The molecule has 0 aliphatic rings. The molecule has 0 aliphatic heterocycles. The standard InChI is InChI=1S/C21H22N2O2/c1-16(24)13-21(25)23(15-17-7-3-2-4-8-17)12-11-18-14-22-20-10-6-5-9-19(18)20/h2-10,14,22H,11-13,15H2,1H3. The smallest absolute Gasteiger partial charge is 0.230 e. The number of carbonyl (C=O) groups is 2. The lowest BCUT2D eigenvalue weighted by atomic mass is 10.1. The zero-order chi connectivity index (χ0) is 17.6. The van der Waals surface area contributed by atoms with E-state index in [0.717, 1.165) is 17.5 Å². The van der Waals surface area contributed by atoms with Crippen molar-refractivity contribution in [2.24, 2.45) is 0 Å². The van der Waals surface area contributed by atoms with Crippen LogP contribution < -0.4 is 0 Å². The van der Waals surface area contributed by atoms with E-state index >= 15 is 0 Å². The second-order valence-corrected chi connectivity index (χ2v) is 6.29. The summed E-state index contributed by atoms with van der Waals surface area (Å²) in [7, 11) is 0. The lowest BCUT2D eigenvalue weighted by molar-refractivity contribution is -0.135. The van der Waals surface area contributed by atoms with Crippen molar-refractivity contribution in [3.8, 4) is 0 Å². The Morgan fingerprint density at radius 3 is 2.48 bits per heavy atom. The molecule has 0 radical (unpaired) electrons. The summed E-state index contributed by atoms with van der Waals surface area (Å²) < 4.78 is 0. The number of Topliss-reactive ketones (excluding diaryl/α,β-unsaturated/α-hetero) is 1. The summed E-state index contributed by atoms with van der Waals surface area (Å²) in [6, 6.07) is 18.0. The van der Waals surface area contributed by atoms with Gasteiger partial charge in [-0.15, -0.1) is 0 Å². The molecule has 0 saturated heterocycles. The molecule has 3 rings (SSSR count). The highest BCUT2D eigenvalue weighted by Gasteiger charge is 2.16. The van der Waals surface area contributed by atoms with Crippen LogP contribution in [0.2, 0.25) is 0 Å². The number of nitrogens with one attached hydrogen (secondary N) is 1. The second-order valence-electron chi connectivity index (χ2n) is 6.29. The van der Waals surface area contributed by atoms with Crippen molar-refractivity contribution in [1.29, 1.82) is 0 Å². The number of amides is 1. The Hall–Kier alpha value is -2.88. The molecule has 128 valence electrons. The van der Waals surface area contributed by atoms with E-state index < -0.39 is 0 Å². The van der Waals surface area contributed by atoms with E-state index in [-0.39, 0.29) is 18.1 Å². The molecular weight excluding hydrogens is 312 g/mol. The van der Waals surface area contributed by atoms with Gasteiger partial charge in [0, 0.05) is 30.2 Å². The van der Waals surface area contributed by atoms with Crippen LogP contribution in [0.15, 0.2) is 60.8 Å². The lowest BCUT2D eigenvalue weighted by Crippen LogP contribution is -2.33. The summed E-state index contributed by atoms with van der Waals surface area (Å²) in [5.74, 6) is -0.216. The summed E-state index contributed by atoms with van der Waals surface area (Å²) in [5.41, 5.74) is 3.35. The van der Waals surface area contributed by atoms with E-state index in [1.54, 1.807) is 4.90 Å². The van der Waals surface area contributed by atoms with Crippen molar-refractivity contribution in [1.82, 2.24) is 9.88 Å². The monoisotopic (exact) mass is 334 g/mol. The summed E-state index contributed by atoms with van der Waals surface area (Å²) in [6.07, 6.45) is 2.71. The van der Waals surface area contributed by atoms with Crippen LogP contribution in [0.1, 0.15) is 24.5 Å². The van der Waals surface area contributed by atoms with Gasteiger partial charge in [-0.2, -0.15) is 0 Å². The highest BCUT2D eigenvalue weighted by molar-refractivity contribution is 5.96. The van der Waals surface area contributed by atoms with Crippen LogP contribution in [0.3, 0.4) is 0 Å². The zero-order valence-corrected chi connectivity index (χ0v) is 14.4. The molecule has 0 atom stereocenters. The molecule has 4 nitrogen and oxygen atoms in total. The maximum Gasteiger partial charge on any atom is 0.230 e. The maximum atomic E-state index is 12.5. The molecule has 0 unspecified atom stereocenters. The van der Waals surface area contributed by atoms with Gasteiger partial charge in [0.15, 0.2) is 0 Å². The summed E-state index contributed by atoms with van der Waals surface area (Å²) in [4.78, 5) is 28.9. The average molecular weight is 334 g/mol. The van der Waals surface area contributed by atoms with Crippen LogP contribution in [0.4, 0.5) is 0 Å². The van der Waals surface area contributed by atoms with Crippen LogP contribution in [0.25, 0.3) is 10.9 Å². The van der Waals surface area contributed by atoms with Crippen molar-refractivity contribution in [3.05, 3.63) is 71.9 Å². The van der Waals surface area contributed by atoms with Gasteiger partial charge in [0.05, 0.1) is 6.42 Å². The molecule has 4 heteroatoms.